The van der Waals surface area contributed by atoms with Crippen LogP contribution in [0.1, 0.15) is 19.3 Å². The molecule has 0 heterocycles. The first-order valence-electron chi connectivity index (χ1n) is 3.30. The van der Waals surface area contributed by atoms with Gasteiger partial charge in [-0.25, -0.2) is 0 Å². The quantitative estimate of drug-likeness (QED) is 0.248. The molecule has 0 N–H and O–H groups in total. The van der Waals surface area contributed by atoms with Crippen LogP contribution >= 0.6 is 0 Å². The maximum atomic E-state index is 10.2. The van der Waals surface area contributed by atoms with Gasteiger partial charge in [-0.1, -0.05) is 6.08 Å². The van der Waals surface area contributed by atoms with E-state index < -0.39 is 0 Å². The van der Waals surface area contributed by atoms with Gasteiger partial charge in [0.25, 0.3) is 0 Å². The van der Waals surface area contributed by atoms with Gasteiger partial charge in [-0.2, -0.15) is 5.26 Å². The molecule has 0 unspecified atom stereocenters. The zero-order chi connectivity index (χ0) is 7.40. The van der Waals surface area contributed by atoms with Crippen molar-refractivity contribution in [1.82, 2.24) is 0 Å². The Morgan fingerprint density at radius 2 is 2.45 bits per heavy atom. The van der Waals surface area contributed by atoms with Gasteiger partial charge in [-0.3, -0.25) is 0 Å². The van der Waals surface area contributed by atoms with E-state index in [4.69, 9.17) is 5.26 Å². The van der Waals surface area contributed by atoms with Crippen molar-refractivity contribution < 1.29 is 34.7 Å². The molecule has 52 valence electrons. The van der Waals surface area contributed by atoms with Crippen molar-refractivity contribution in [2.24, 2.45) is 0 Å². The molecule has 0 amide bonds. The molecular weight excluding hydrogens is 149 g/mol. The predicted octanol–water partition coefficient (Wildman–Crippen LogP) is -2.13. The van der Waals surface area contributed by atoms with Crippen molar-refractivity contribution in [2.75, 3.05) is 0 Å². The van der Waals surface area contributed by atoms with E-state index in [1.165, 1.54) is 0 Å². The summed E-state index contributed by atoms with van der Waals surface area (Å²) in [6, 6.07) is 1.87. The van der Waals surface area contributed by atoms with Crippen LogP contribution in [0.15, 0.2) is 23.5 Å². The molecule has 0 fully saturated rings. The van der Waals surface area contributed by atoms with Crippen LogP contribution in [0.2, 0.25) is 0 Å². The van der Waals surface area contributed by atoms with E-state index in [9.17, 15) is 5.11 Å². The third kappa shape index (κ3) is 2.70. The number of nitriles is 1. The van der Waals surface area contributed by atoms with E-state index in [1.807, 2.05) is 12.1 Å². The third-order valence-electron chi connectivity index (χ3n) is 1.63. The minimum Gasteiger partial charge on any atom is -0.877 e. The maximum absolute atomic E-state index is 10.2. The smallest absolute Gasteiger partial charge is 0.877 e. The van der Waals surface area contributed by atoms with Crippen LogP contribution in [0.25, 0.3) is 0 Å². The fraction of sp³-hybridized carbons (Fsp3) is 0.375. The van der Waals surface area contributed by atoms with E-state index in [2.05, 4.69) is 0 Å². The van der Waals surface area contributed by atoms with Gasteiger partial charge in [-0.05, 0) is 24.8 Å². The minimum absolute atomic E-state index is 0. The van der Waals surface area contributed by atoms with Crippen molar-refractivity contribution in [1.29, 1.82) is 5.26 Å². The Labute approximate surface area is 88.5 Å². The molecule has 0 spiro atoms. The molecule has 11 heavy (non-hydrogen) atoms. The van der Waals surface area contributed by atoms with Crippen LogP contribution in [-0.4, -0.2) is 0 Å². The van der Waals surface area contributed by atoms with Crippen molar-refractivity contribution in [3.05, 3.63) is 23.5 Å². The zero-order valence-corrected chi connectivity index (χ0v) is 8.63. The summed E-state index contributed by atoms with van der Waals surface area (Å²) >= 11 is 0. The van der Waals surface area contributed by atoms with Gasteiger partial charge in [0.2, 0.25) is 0 Å². The largest absolute Gasteiger partial charge is 1.00 e. The summed E-state index contributed by atoms with van der Waals surface area (Å²) in [6.07, 6.45) is 5.58. The van der Waals surface area contributed by atoms with Crippen molar-refractivity contribution in [3.63, 3.8) is 0 Å². The second-order valence-electron chi connectivity index (χ2n) is 2.26. The summed E-state index contributed by atoms with van der Waals surface area (Å²) in [5.41, 5.74) is 1.23. The second kappa shape index (κ2) is 5.42. The van der Waals surface area contributed by atoms with Crippen LogP contribution in [0.3, 0.4) is 0 Å². The Morgan fingerprint density at radius 1 is 1.73 bits per heavy atom. The Balaban J connectivity index is 0.000001000. The minimum atomic E-state index is 0. The number of nitrogens with zero attached hydrogens (tertiary/aromatic N) is 1. The molecule has 0 atom stereocenters. The topological polar surface area (TPSA) is 46.8 Å². The second-order valence-corrected chi connectivity index (χ2v) is 2.26. The van der Waals surface area contributed by atoms with Gasteiger partial charge in [0, 0.05) is 5.57 Å². The Morgan fingerprint density at radius 3 is 2.82 bits per heavy atom. The molecule has 0 saturated carbocycles. The standard InChI is InChI=1S/C8H9NO.Na/c9-5-8(6-10)7-3-1-2-4-7;/h3,6,10H,1-2,4H2;/q;+1/p-1. The van der Waals surface area contributed by atoms with Gasteiger partial charge in [-0.15, -0.1) is 6.26 Å². The van der Waals surface area contributed by atoms with Gasteiger partial charge in [0.15, 0.2) is 0 Å². The molecular formula is C8H8NNaO. The van der Waals surface area contributed by atoms with E-state index in [0.717, 1.165) is 24.8 Å². The Bertz CT molecular complexity index is 225. The monoisotopic (exact) mass is 157 g/mol. The molecule has 0 aromatic carbocycles. The van der Waals surface area contributed by atoms with Crippen molar-refractivity contribution >= 4 is 0 Å². The average molecular weight is 157 g/mol. The van der Waals surface area contributed by atoms with Crippen LogP contribution in [0, 0.1) is 11.3 Å². The van der Waals surface area contributed by atoms with Crippen LogP contribution in [0.5, 0.6) is 0 Å². The van der Waals surface area contributed by atoms with E-state index in [1.54, 1.807) is 0 Å². The van der Waals surface area contributed by atoms with Crippen molar-refractivity contribution in [2.45, 2.75) is 19.3 Å². The van der Waals surface area contributed by atoms with E-state index in [-0.39, 0.29) is 29.6 Å². The van der Waals surface area contributed by atoms with Gasteiger partial charge in [0.1, 0.15) is 0 Å². The molecule has 0 aromatic heterocycles. The summed E-state index contributed by atoms with van der Waals surface area (Å²) < 4.78 is 0. The van der Waals surface area contributed by atoms with Crippen LogP contribution < -0.4 is 34.7 Å². The average Bonchev–Trinajstić information content (AvgIpc) is 2.43. The number of hydrogen-bond acceptors (Lipinski definition) is 2. The number of allylic oxidation sites excluding steroid dienone is 3. The summed E-state index contributed by atoms with van der Waals surface area (Å²) in [5, 5.41) is 18.7. The fourth-order valence-electron chi connectivity index (χ4n) is 1.09. The molecule has 0 aromatic rings. The van der Waals surface area contributed by atoms with Crippen molar-refractivity contribution in [3.8, 4) is 6.07 Å². The third-order valence-corrected chi connectivity index (χ3v) is 1.63. The first-order valence-corrected chi connectivity index (χ1v) is 3.30. The molecule has 2 nitrogen and oxygen atoms in total. The molecule has 0 saturated heterocycles. The molecule has 0 aliphatic heterocycles. The normalized spacial score (nSPS) is 16.6. The summed E-state index contributed by atoms with van der Waals surface area (Å²) in [5.74, 6) is 0. The first-order chi connectivity index (χ1) is 4.88. The summed E-state index contributed by atoms with van der Waals surface area (Å²) in [7, 11) is 0. The van der Waals surface area contributed by atoms with Gasteiger partial charge < -0.3 is 5.11 Å². The maximum Gasteiger partial charge on any atom is 1.00 e. The van der Waals surface area contributed by atoms with Crippen LogP contribution in [-0.2, 0) is 0 Å². The molecule has 1 rings (SSSR count). The SMILES string of the molecule is N#CC(=C[O-])C1=CCCC1.[Na+]. The molecule has 0 bridgehead atoms. The molecule has 3 heteroatoms. The first kappa shape index (κ1) is 10.8. The summed E-state index contributed by atoms with van der Waals surface area (Å²) in [4.78, 5) is 0. The number of rotatable bonds is 1. The van der Waals surface area contributed by atoms with Gasteiger partial charge in [0.05, 0.1) is 6.07 Å². The van der Waals surface area contributed by atoms with E-state index in [0.29, 0.717) is 11.8 Å². The van der Waals surface area contributed by atoms with Crippen LogP contribution in [0.4, 0.5) is 0 Å². The zero-order valence-electron chi connectivity index (χ0n) is 6.63. The molecule has 1 aliphatic rings. The fourth-order valence-corrected chi connectivity index (χ4v) is 1.09. The van der Waals surface area contributed by atoms with E-state index >= 15 is 0 Å². The molecule has 0 radical (unpaired) electrons. The Hall–Kier alpha value is -0.230. The summed E-state index contributed by atoms with van der Waals surface area (Å²) in [6.45, 7) is 0. The van der Waals surface area contributed by atoms with Gasteiger partial charge >= 0.3 is 29.6 Å². The predicted molar refractivity (Wildman–Crippen MR) is 35.6 cm³/mol. The Kier molecular flexibility index (Phi) is 5.31. The molecule has 1 aliphatic carbocycles. The number of hydrogen-bond donors (Lipinski definition) is 0.